The summed E-state index contributed by atoms with van der Waals surface area (Å²) in [7, 11) is 1.71. The van der Waals surface area contributed by atoms with Gasteiger partial charge in [0.05, 0.1) is 5.69 Å². The molecule has 112 valence electrons. The molecule has 2 rings (SSSR count). The van der Waals surface area contributed by atoms with Crippen LogP contribution >= 0.6 is 11.6 Å². The predicted molar refractivity (Wildman–Crippen MR) is 79.2 cm³/mol. The van der Waals surface area contributed by atoms with Gasteiger partial charge in [-0.3, -0.25) is 4.79 Å². The van der Waals surface area contributed by atoms with E-state index in [-0.39, 0.29) is 16.9 Å². The predicted octanol–water partition coefficient (Wildman–Crippen LogP) is 2.93. The number of nitrogens with zero attached hydrogens (tertiary/aromatic N) is 2. The van der Waals surface area contributed by atoms with Crippen molar-refractivity contribution in [3.05, 3.63) is 46.3 Å². The van der Waals surface area contributed by atoms with Crippen molar-refractivity contribution in [1.82, 2.24) is 10.1 Å². The third-order valence-electron chi connectivity index (χ3n) is 3.35. The van der Waals surface area contributed by atoms with Crippen molar-refractivity contribution in [3.63, 3.8) is 0 Å². The number of hydrogen-bond donors (Lipinski definition) is 1. The van der Waals surface area contributed by atoms with E-state index in [0.29, 0.717) is 30.6 Å². The van der Waals surface area contributed by atoms with Crippen molar-refractivity contribution in [1.29, 1.82) is 0 Å². The molecule has 0 aliphatic carbocycles. The lowest BCUT2D eigenvalue weighted by Gasteiger charge is -2.17. The highest BCUT2D eigenvalue weighted by Crippen LogP contribution is 2.21. The Labute approximate surface area is 128 Å². The second kappa shape index (κ2) is 6.63. The molecular weight excluding hydrogens is 292 g/mol. The van der Waals surface area contributed by atoms with Crippen LogP contribution in [0.3, 0.4) is 0 Å². The summed E-state index contributed by atoms with van der Waals surface area (Å²) in [5.41, 5.74) is 2.18. The van der Waals surface area contributed by atoms with E-state index in [2.05, 4.69) is 5.16 Å². The third kappa shape index (κ3) is 3.76. The molecule has 0 fully saturated rings. The van der Waals surface area contributed by atoms with Crippen LogP contribution in [0.5, 0.6) is 5.75 Å². The summed E-state index contributed by atoms with van der Waals surface area (Å²) in [5.74, 6) is 0.157. The van der Waals surface area contributed by atoms with E-state index in [9.17, 15) is 9.90 Å². The molecule has 21 heavy (non-hydrogen) atoms. The zero-order valence-corrected chi connectivity index (χ0v) is 12.7. The third-order valence-corrected chi connectivity index (χ3v) is 3.65. The van der Waals surface area contributed by atoms with Crippen LogP contribution < -0.4 is 0 Å². The Morgan fingerprint density at radius 3 is 2.76 bits per heavy atom. The van der Waals surface area contributed by atoms with Gasteiger partial charge in [0.25, 0.3) is 0 Å². The van der Waals surface area contributed by atoms with Gasteiger partial charge >= 0.3 is 0 Å². The number of phenolic OH excluding ortho intramolecular Hbond substituents is 1. The Morgan fingerprint density at radius 2 is 2.14 bits per heavy atom. The van der Waals surface area contributed by atoms with Crippen molar-refractivity contribution < 1.29 is 14.4 Å². The first-order chi connectivity index (χ1) is 9.99. The largest absolute Gasteiger partial charge is 0.508 e. The van der Waals surface area contributed by atoms with Crippen LogP contribution in [0.1, 0.15) is 23.2 Å². The first kappa shape index (κ1) is 15.4. The minimum absolute atomic E-state index is 0.0325. The van der Waals surface area contributed by atoms with E-state index in [4.69, 9.17) is 16.1 Å². The highest BCUT2D eigenvalue weighted by Gasteiger charge is 2.15. The van der Waals surface area contributed by atoms with E-state index in [1.54, 1.807) is 37.1 Å². The number of aromatic nitrogens is 1. The van der Waals surface area contributed by atoms with Gasteiger partial charge in [0.1, 0.15) is 5.75 Å². The van der Waals surface area contributed by atoms with Crippen LogP contribution in [0, 0.1) is 6.92 Å². The number of carbonyl (C=O) groups excluding carboxylic acids is 1. The van der Waals surface area contributed by atoms with Gasteiger partial charge in [0.2, 0.25) is 11.1 Å². The first-order valence-corrected chi connectivity index (χ1v) is 6.98. The van der Waals surface area contributed by atoms with E-state index >= 15 is 0 Å². The fraction of sp³-hybridized carbons (Fsp3) is 0.333. The van der Waals surface area contributed by atoms with Crippen molar-refractivity contribution in [2.45, 2.75) is 26.3 Å². The molecule has 1 amide bonds. The van der Waals surface area contributed by atoms with Crippen LogP contribution in [-0.4, -0.2) is 28.1 Å². The molecule has 0 radical (unpaired) electrons. The summed E-state index contributed by atoms with van der Waals surface area (Å²) in [6, 6.07) is 6.97. The van der Waals surface area contributed by atoms with Gasteiger partial charge in [0.15, 0.2) is 0 Å². The molecule has 1 N–H and O–H groups in total. The van der Waals surface area contributed by atoms with E-state index < -0.39 is 0 Å². The highest BCUT2D eigenvalue weighted by atomic mass is 35.5. The van der Waals surface area contributed by atoms with Gasteiger partial charge in [-0.05, 0) is 31.0 Å². The maximum Gasteiger partial charge on any atom is 0.229 e. The molecule has 0 saturated carbocycles. The van der Waals surface area contributed by atoms with Crippen molar-refractivity contribution in [2.24, 2.45) is 0 Å². The van der Waals surface area contributed by atoms with E-state index in [1.165, 1.54) is 0 Å². The lowest BCUT2D eigenvalue weighted by molar-refractivity contribution is -0.130. The fourth-order valence-electron chi connectivity index (χ4n) is 2.05. The molecule has 0 unspecified atom stereocenters. The Bertz CT molecular complexity index is 620. The average Bonchev–Trinajstić information content (AvgIpc) is 2.78. The Kier molecular flexibility index (Phi) is 4.85. The maximum absolute atomic E-state index is 12.1. The summed E-state index contributed by atoms with van der Waals surface area (Å²) in [4.78, 5) is 13.7. The molecule has 0 atom stereocenters. The summed E-state index contributed by atoms with van der Waals surface area (Å²) in [6.07, 6.45) is 0.796. The molecule has 5 nitrogen and oxygen atoms in total. The molecule has 0 spiro atoms. The Hall–Kier alpha value is -2.01. The quantitative estimate of drug-likeness (QED) is 0.922. The molecular formula is C15H17ClN2O3. The van der Waals surface area contributed by atoms with Crippen molar-refractivity contribution in [3.8, 4) is 5.75 Å². The number of halogens is 1. The lowest BCUT2D eigenvalue weighted by Crippen LogP contribution is -2.26. The van der Waals surface area contributed by atoms with Gasteiger partial charge in [0, 0.05) is 31.1 Å². The van der Waals surface area contributed by atoms with Gasteiger partial charge in [-0.15, -0.1) is 0 Å². The van der Waals surface area contributed by atoms with Crippen LogP contribution in [0.4, 0.5) is 0 Å². The van der Waals surface area contributed by atoms with Gasteiger partial charge in [-0.1, -0.05) is 23.4 Å². The Morgan fingerprint density at radius 1 is 1.43 bits per heavy atom. The number of aromatic hydroxyl groups is 1. The molecule has 0 aliphatic rings. The molecule has 0 bridgehead atoms. The highest BCUT2D eigenvalue weighted by molar-refractivity contribution is 6.29. The number of benzene rings is 1. The van der Waals surface area contributed by atoms with Crippen LogP contribution in [0.25, 0.3) is 0 Å². The molecule has 1 aromatic heterocycles. The SMILES string of the molecule is Cc1noc(Cl)c1CCC(=O)N(C)Cc1ccccc1O. The summed E-state index contributed by atoms with van der Waals surface area (Å²) >= 11 is 5.87. The normalized spacial score (nSPS) is 10.6. The molecule has 6 heteroatoms. The number of rotatable bonds is 5. The topological polar surface area (TPSA) is 66.6 Å². The standard InChI is InChI=1S/C15H17ClN2O3/c1-10-12(15(16)21-17-10)7-8-14(20)18(2)9-11-5-3-4-6-13(11)19/h3-6,19H,7-9H2,1-2H3. The van der Waals surface area contributed by atoms with Gasteiger partial charge < -0.3 is 14.5 Å². The lowest BCUT2D eigenvalue weighted by atomic mass is 10.1. The van der Waals surface area contributed by atoms with Crippen molar-refractivity contribution >= 4 is 17.5 Å². The second-order valence-corrected chi connectivity index (χ2v) is 5.24. The van der Waals surface area contributed by atoms with Crippen LogP contribution in [0.15, 0.2) is 28.8 Å². The average molecular weight is 309 g/mol. The van der Waals surface area contributed by atoms with Gasteiger partial charge in [-0.2, -0.15) is 0 Å². The summed E-state index contributed by atoms with van der Waals surface area (Å²) in [6.45, 7) is 2.16. The minimum atomic E-state index is -0.0325. The zero-order valence-electron chi connectivity index (χ0n) is 12.0. The molecule has 1 heterocycles. The van der Waals surface area contributed by atoms with E-state index in [1.807, 2.05) is 6.07 Å². The van der Waals surface area contributed by atoms with E-state index in [0.717, 1.165) is 5.56 Å². The number of hydrogen-bond acceptors (Lipinski definition) is 4. The first-order valence-electron chi connectivity index (χ1n) is 6.60. The molecule has 1 aromatic carbocycles. The molecule has 0 saturated heterocycles. The fourth-order valence-corrected chi connectivity index (χ4v) is 2.32. The summed E-state index contributed by atoms with van der Waals surface area (Å²) < 4.78 is 4.86. The smallest absolute Gasteiger partial charge is 0.229 e. The zero-order chi connectivity index (χ0) is 15.4. The Balaban J connectivity index is 1.93. The maximum atomic E-state index is 12.1. The van der Waals surface area contributed by atoms with Crippen molar-refractivity contribution in [2.75, 3.05) is 7.05 Å². The summed E-state index contributed by atoms with van der Waals surface area (Å²) in [5, 5.41) is 13.7. The van der Waals surface area contributed by atoms with Crippen LogP contribution in [-0.2, 0) is 17.8 Å². The van der Waals surface area contributed by atoms with Gasteiger partial charge in [-0.25, -0.2) is 0 Å². The molecule has 0 aliphatic heterocycles. The molecule has 2 aromatic rings. The number of phenols is 1. The second-order valence-electron chi connectivity index (χ2n) is 4.90. The number of amides is 1. The number of para-hydroxylation sites is 1. The minimum Gasteiger partial charge on any atom is -0.508 e. The number of carbonyl (C=O) groups is 1. The number of aryl methyl sites for hydroxylation is 1. The monoisotopic (exact) mass is 308 g/mol. The van der Waals surface area contributed by atoms with Crippen LogP contribution in [0.2, 0.25) is 5.22 Å².